The molecule has 24 heavy (non-hydrogen) atoms. The van der Waals surface area contributed by atoms with E-state index in [-0.39, 0.29) is 5.91 Å². The number of nitrogens with zero attached hydrogens (tertiary/aromatic N) is 2. The monoisotopic (exact) mass is 321 g/mol. The van der Waals surface area contributed by atoms with Crippen molar-refractivity contribution in [2.75, 3.05) is 13.7 Å². The predicted molar refractivity (Wildman–Crippen MR) is 91.6 cm³/mol. The summed E-state index contributed by atoms with van der Waals surface area (Å²) in [5, 5.41) is 2.98. The molecule has 0 radical (unpaired) electrons. The molecule has 1 aromatic heterocycles. The lowest BCUT2D eigenvalue weighted by Gasteiger charge is -2.35. The molecule has 1 N–H and O–H groups in total. The number of aromatic nitrogens is 1. The molecule has 1 atom stereocenters. The van der Waals surface area contributed by atoms with Crippen molar-refractivity contribution in [3.63, 3.8) is 0 Å². The van der Waals surface area contributed by atoms with E-state index >= 15 is 0 Å². The van der Waals surface area contributed by atoms with Gasteiger partial charge >= 0.3 is 0 Å². The summed E-state index contributed by atoms with van der Waals surface area (Å²) in [4.78, 5) is 22.1. The molecule has 2 aliphatic rings. The van der Waals surface area contributed by atoms with Gasteiger partial charge in [0.05, 0.1) is 12.3 Å². The number of pyridine rings is 1. The van der Waals surface area contributed by atoms with Crippen molar-refractivity contribution in [1.82, 2.24) is 10.3 Å². The second-order valence-corrected chi connectivity index (χ2v) is 6.07. The average Bonchev–Trinajstić information content (AvgIpc) is 2.99. The second-order valence-electron chi connectivity index (χ2n) is 6.07. The number of rotatable bonds is 2. The maximum atomic E-state index is 13.1. The van der Waals surface area contributed by atoms with Gasteiger partial charge in [-0.15, -0.1) is 0 Å². The molecule has 0 fully saturated rings. The van der Waals surface area contributed by atoms with Crippen LogP contribution in [0.4, 0.5) is 0 Å². The quantitative estimate of drug-likeness (QED) is 0.922. The number of amides is 1. The van der Waals surface area contributed by atoms with Gasteiger partial charge in [0.1, 0.15) is 11.3 Å². The van der Waals surface area contributed by atoms with Crippen molar-refractivity contribution < 1.29 is 9.53 Å². The molecule has 1 aliphatic heterocycles. The highest BCUT2D eigenvalue weighted by Gasteiger charge is 2.52. The average molecular weight is 321 g/mol. The summed E-state index contributed by atoms with van der Waals surface area (Å²) in [6.45, 7) is 2.46. The third-order valence-corrected chi connectivity index (χ3v) is 4.91. The topological polar surface area (TPSA) is 63.6 Å². The van der Waals surface area contributed by atoms with Crippen LogP contribution in [-0.2, 0) is 16.6 Å². The molecule has 122 valence electrons. The molecular weight excluding hydrogens is 302 g/mol. The van der Waals surface area contributed by atoms with Crippen LogP contribution < -0.4 is 10.1 Å². The van der Waals surface area contributed by atoms with Gasteiger partial charge in [0.25, 0.3) is 0 Å². The smallest absolute Gasteiger partial charge is 0.242 e. The Labute approximate surface area is 140 Å². The fourth-order valence-corrected chi connectivity index (χ4v) is 3.84. The zero-order valence-electron chi connectivity index (χ0n) is 13.8. The summed E-state index contributed by atoms with van der Waals surface area (Å²) in [6.07, 6.45) is 1.58. The van der Waals surface area contributed by atoms with Crippen molar-refractivity contribution in [3.05, 3.63) is 58.8 Å². The van der Waals surface area contributed by atoms with E-state index in [1.165, 1.54) is 5.56 Å². The summed E-state index contributed by atoms with van der Waals surface area (Å²) >= 11 is 0. The van der Waals surface area contributed by atoms with Crippen LogP contribution in [0.2, 0.25) is 0 Å². The molecule has 0 saturated heterocycles. The molecule has 1 amide bonds. The van der Waals surface area contributed by atoms with Crippen LogP contribution in [0.15, 0.2) is 41.4 Å². The number of hydrogen-bond acceptors (Lipinski definition) is 4. The Morgan fingerprint density at radius 1 is 1.29 bits per heavy atom. The lowest BCUT2D eigenvalue weighted by Crippen LogP contribution is -2.52. The first kappa shape index (κ1) is 14.9. The van der Waals surface area contributed by atoms with E-state index in [0.29, 0.717) is 24.7 Å². The van der Waals surface area contributed by atoms with Crippen LogP contribution >= 0.6 is 0 Å². The molecule has 1 unspecified atom stereocenters. The highest BCUT2D eigenvalue weighted by Crippen LogP contribution is 2.46. The third kappa shape index (κ3) is 1.90. The number of aryl methyl sites for hydroxylation is 1. The van der Waals surface area contributed by atoms with Crippen LogP contribution in [-0.4, -0.2) is 30.4 Å². The highest BCUT2D eigenvalue weighted by atomic mass is 16.5. The molecule has 1 spiro atoms. The van der Waals surface area contributed by atoms with E-state index in [1.54, 1.807) is 7.05 Å². The minimum absolute atomic E-state index is 0.0540. The van der Waals surface area contributed by atoms with Crippen molar-refractivity contribution in [3.8, 4) is 5.88 Å². The molecule has 5 heteroatoms. The van der Waals surface area contributed by atoms with Crippen molar-refractivity contribution >= 4 is 11.7 Å². The number of ether oxygens (including phenoxy) is 1. The number of aliphatic imine (C=N–C) groups is 1. The number of nitrogens with one attached hydrogen (secondary N) is 1. The summed E-state index contributed by atoms with van der Waals surface area (Å²) in [5.41, 5.74) is 3.12. The minimum Gasteiger partial charge on any atom is -0.478 e. The van der Waals surface area contributed by atoms with Crippen LogP contribution in [0.3, 0.4) is 0 Å². The molecular formula is C19H19N3O2. The van der Waals surface area contributed by atoms with Gasteiger partial charge < -0.3 is 10.1 Å². The Kier molecular flexibility index (Phi) is 3.37. The molecule has 2 aromatic rings. The maximum Gasteiger partial charge on any atom is 0.242 e. The van der Waals surface area contributed by atoms with Gasteiger partial charge in [-0.1, -0.05) is 24.3 Å². The summed E-state index contributed by atoms with van der Waals surface area (Å²) in [7, 11) is 1.68. The SMILES string of the molecule is CCOc1ccc2c(n1)C1(CCc3ccccc31)C(=O)NC2=NC. The molecule has 0 saturated carbocycles. The second kappa shape index (κ2) is 5.44. The first-order valence-corrected chi connectivity index (χ1v) is 8.22. The molecule has 4 rings (SSSR count). The molecule has 1 aliphatic carbocycles. The number of hydrogen-bond donors (Lipinski definition) is 1. The maximum absolute atomic E-state index is 13.1. The van der Waals surface area contributed by atoms with Gasteiger partial charge in [-0.3, -0.25) is 9.79 Å². The van der Waals surface area contributed by atoms with Crippen LogP contribution in [0.1, 0.15) is 35.7 Å². The highest BCUT2D eigenvalue weighted by molar-refractivity contribution is 6.16. The van der Waals surface area contributed by atoms with Crippen molar-refractivity contribution in [2.45, 2.75) is 25.2 Å². The van der Waals surface area contributed by atoms with E-state index in [2.05, 4.69) is 16.4 Å². The predicted octanol–water partition coefficient (Wildman–Crippen LogP) is 2.22. The van der Waals surface area contributed by atoms with E-state index in [9.17, 15) is 4.79 Å². The standard InChI is InChI=1S/C19H19N3O2/c1-3-24-15-9-8-13-16(21-15)19(18(23)22-17(13)20-2)11-10-12-6-4-5-7-14(12)19/h4-9H,3,10-11H2,1-2H3,(H,20,22,23). The van der Waals surface area contributed by atoms with Crippen molar-refractivity contribution in [1.29, 1.82) is 0 Å². The van der Waals surface area contributed by atoms with Crippen molar-refractivity contribution in [2.24, 2.45) is 4.99 Å². The number of carbonyl (C=O) groups excluding carboxylic acids is 1. The van der Waals surface area contributed by atoms with Gasteiger partial charge in [0.15, 0.2) is 0 Å². The Morgan fingerprint density at radius 2 is 2.12 bits per heavy atom. The number of carbonyl (C=O) groups is 1. The lowest BCUT2D eigenvalue weighted by atomic mass is 9.73. The molecule has 5 nitrogen and oxygen atoms in total. The Morgan fingerprint density at radius 3 is 2.92 bits per heavy atom. The molecule has 0 bridgehead atoms. The van der Waals surface area contributed by atoms with Gasteiger partial charge in [-0.2, -0.15) is 0 Å². The van der Waals surface area contributed by atoms with E-state index in [0.717, 1.165) is 23.2 Å². The lowest BCUT2D eigenvalue weighted by molar-refractivity contribution is -0.124. The third-order valence-electron chi connectivity index (χ3n) is 4.91. The zero-order valence-corrected chi connectivity index (χ0v) is 13.8. The molecule has 1 aromatic carbocycles. The molecule has 2 heterocycles. The summed E-state index contributed by atoms with van der Waals surface area (Å²) in [5.74, 6) is 1.06. The van der Waals surface area contributed by atoms with Gasteiger partial charge in [0.2, 0.25) is 11.8 Å². The fourth-order valence-electron chi connectivity index (χ4n) is 3.84. The fraction of sp³-hybridized carbons (Fsp3) is 0.316. The van der Waals surface area contributed by atoms with Gasteiger partial charge in [-0.05, 0) is 37.0 Å². The van der Waals surface area contributed by atoms with E-state index in [4.69, 9.17) is 9.72 Å². The number of fused-ring (bicyclic) bond motifs is 4. The first-order chi connectivity index (χ1) is 11.7. The van der Waals surface area contributed by atoms with Crippen LogP contribution in [0.5, 0.6) is 5.88 Å². The van der Waals surface area contributed by atoms with Gasteiger partial charge in [-0.25, -0.2) is 4.98 Å². The van der Waals surface area contributed by atoms with Crippen LogP contribution in [0, 0.1) is 0 Å². The van der Waals surface area contributed by atoms with E-state index in [1.807, 2.05) is 37.3 Å². The number of benzene rings is 1. The number of amidine groups is 1. The first-order valence-electron chi connectivity index (χ1n) is 8.22. The Balaban J connectivity index is 2.00. The largest absolute Gasteiger partial charge is 0.478 e. The summed E-state index contributed by atoms with van der Waals surface area (Å²) < 4.78 is 5.58. The Bertz CT molecular complexity index is 859. The minimum atomic E-state index is -0.757. The normalized spacial score (nSPS) is 23.1. The van der Waals surface area contributed by atoms with Crippen LogP contribution in [0.25, 0.3) is 0 Å². The van der Waals surface area contributed by atoms with Gasteiger partial charge in [0, 0.05) is 18.7 Å². The zero-order chi connectivity index (χ0) is 16.7. The summed E-state index contributed by atoms with van der Waals surface area (Å²) in [6, 6.07) is 11.9. The Hall–Kier alpha value is -2.69. The van der Waals surface area contributed by atoms with E-state index < -0.39 is 5.41 Å².